The summed E-state index contributed by atoms with van der Waals surface area (Å²) >= 11 is 8.23. The number of nitrogens with one attached hydrogen (secondary N) is 1. The fourth-order valence-electron chi connectivity index (χ4n) is 8.89. The van der Waals surface area contributed by atoms with Gasteiger partial charge < -0.3 is 46.5 Å². The number of fused-ring (bicyclic) bond motifs is 5. The molecule has 94 heavy (non-hydrogen) atoms. The Morgan fingerprint density at radius 2 is 1.29 bits per heavy atom. The molecule has 9 aromatic rings. The first kappa shape index (κ1) is 71.4. The van der Waals surface area contributed by atoms with E-state index in [0.717, 1.165) is 30.0 Å². The minimum atomic E-state index is -1.36. The van der Waals surface area contributed by atoms with Crippen LogP contribution in [0.1, 0.15) is 89.9 Å². The number of nitrogens with two attached hydrogens (primary N) is 3. The number of halogens is 9. The topological polar surface area (TPSA) is 361 Å². The number of amides is 2. The number of carbonyl (C=O) groups is 2. The van der Waals surface area contributed by atoms with E-state index in [2.05, 4.69) is 88.4 Å². The van der Waals surface area contributed by atoms with E-state index in [4.69, 9.17) is 41.9 Å². The summed E-state index contributed by atoms with van der Waals surface area (Å²) in [5.41, 5.74) is 21.2. The average Bonchev–Trinajstić information content (AvgIpc) is 1.57. The van der Waals surface area contributed by atoms with Crippen LogP contribution >= 0.6 is 54.5 Å². The van der Waals surface area contributed by atoms with E-state index < -0.39 is 67.6 Å². The molecule has 1 aliphatic heterocycles. The normalized spacial score (nSPS) is 12.9. The monoisotopic (exact) mass is 1540 g/mol. The number of benzene rings is 3. The molecule has 0 spiro atoms. The number of nitrogen functional groups attached to an aromatic ring is 3. The summed E-state index contributed by atoms with van der Waals surface area (Å²) in [4.78, 5) is 53.0. The first-order chi connectivity index (χ1) is 44.8. The van der Waals surface area contributed by atoms with Gasteiger partial charge in [0.25, 0.3) is 29.5 Å². The minimum absolute atomic E-state index is 0.00193. The maximum atomic E-state index is 14.0. The third-order valence-corrected chi connectivity index (χ3v) is 15.1. The number of aryl methyl sites for hydroxylation is 3. The second-order valence-electron chi connectivity index (χ2n) is 19.9. The van der Waals surface area contributed by atoms with Gasteiger partial charge in [-0.15, -0.1) is 0 Å². The summed E-state index contributed by atoms with van der Waals surface area (Å²) in [5.74, 6) is -3.31. The van der Waals surface area contributed by atoms with Crippen LogP contribution < -0.4 is 36.7 Å². The number of anilines is 3. The molecular weight excluding hydrogens is 1480 g/mol. The first-order valence-electron chi connectivity index (χ1n) is 27.2. The lowest BCUT2D eigenvalue weighted by Gasteiger charge is -2.23. The molecule has 1 aliphatic rings. The summed E-state index contributed by atoms with van der Waals surface area (Å²) in [7, 11) is 9.85. The Hall–Kier alpha value is -10.0. The lowest BCUT2D eigenvalue weighted by atomic mass is 10.0. The molecule has 0 unspecified atom stereocenters. The summed E-state index contributed by atoms with van der Waals surface area (Å²) in [5, 5.41) is 42.8. The highest BCUT2D eigenvalue weighted by Gasteiger charge is 2.31. The molecule has 0 saturated heterocycles. The van der Waals surface area contributed by atoms with Gasteiger partial charge >= 0.3 is 0 Å². The van der Waals surface area contributed by atoms with Crippen molar-refractivity contribution in [1.29, 1.82) is 15.8 Å². The second kappa shape index (κ2) is 32.5. The molecule has 26 nitrogen and oxygen atoms in total. The highest BCUT2D eigenvalue weighted by molar-refractivity contribution is 14.1. The van der Waals surface area contributed by atoms with E-state index in [1.54, 1.807) is 44.0 Å². The van der Waals surface area contributed by atoms with Crippen LogP contribution in [-0.4, -0.2) is 122 Å². The summed E-state index contributed by atoms with van der Waals surface area (Å²) in [6.07, 6.45) is 0.382. The van der Waals surface area contributed by atoms with E-state index in [9.17, 15) is 41.2 Å². The molecule has 0 fully saturated rings. The van der Waals surface area contributed by atoms with Crippen molar-refractivity contribution in [3.63, 3.8) is 0 Å². The third-order valence-electron chi connectivity index (χ3n) is 13.3. The number of ether oxygens (including phenoxy) is 3. The number of carbonyl (C=O) groups excluding carboxylic acids is 2. The lowest BCUT2D eigenvalue weighted by molar-refractivity contribution is 0.0768. The molecule has 3 aromatic carbocycles. The Morgan fingerprint density at radius 1 is 0.745 bits per heavy atom. The Kier molecular flexibility index (Phi) is 24.7. The van der Waals surface area contributed by atoms with Crippen molar-refractivity contribution in [2.45, 2.75) is 37.9 Å². The smallest absolute Gasteiger partial charge is 0.259 e. The van der Waals surface area contributed by atoms with Gasteiger partial charge in [-0.25, -0.2) is 56.2 Å². The van der Waals surface area contributed by atoms with Crippen molar-refractivity contribution in [2.75, 3.05) is 58.4 Å². The van der Waals surface area contributed by atoms with Crippen LogP contribution in [0.3, 0.4) is 0 Å². The maximum absolute atomic E-state index is 14.0. The Morgan fingerprint density at radius 3 is 1.85 bits per heavy atom. The van der Waals surface area contributed by atoms with E-state index in [1.165, 1.54) is 76.1 Å². The van der Waals surface area contributed by atoms with Crippen molar-refractivity contribution >= 4 is 83.7 Å². The molecule has 2 bridgehead atoms. The zero-order chi connectivity index (χ0) is 68.7. The number of rotatable bonds is 14. The van der Waals surface area contributed by atoms with E-state index in [0.29, 0.717) is 53.2 Å². The van der Waals surface area contributed by atoms with Gasteiger partial charge in [0.15, 0.2) is 35.8 Å². The van der Waals surface area contributed by atoms with Gasteiger partial charge in [0.1, 0.15) is 82.0 Å². The summed E-state index contributed by atoms with van der Waals surface area (Å²) in [6, 6.07) is 20.3. The van der Waals surface area contributed by atoms with Crippen LogP contribution in [0.15, 0.2) is 94.5 Å². The maximum Gasteiger partial charge on any atom is 0.259 e. The van der Waals surface area contributed by atoms with Crippen LogP contribution in [0, 0.1) is 55.0 Å². The molecule has 3 atom stereocenters. The Labute approximate surface area is 562 Å². The van der Waals surface area contributed by atoms with Crippen molar-refractivity contribution in [1.82, 2.24) is 74.4 Å². The van der Waals surface area contributed by atoms with Crippen molar-refractivity contribution in [3.8, 4) is 47.1 Å². The van der Waals surface area contributed by atoms with E-state index >= 15 is 0 Å². The van der Waals surface area contributed by atoms with E-state index in [-0.39, 0.29) is 81.8 Å². The average molecular weight is 1540 g/mol. The van der Waals surface area contributed by atoms with Gasteiger partial charge in [0.05, 0.1) is 60.0 Å². The molecule has 35 heteroatoms. The number of alkyl halides is 3. The highest BCUT2D eigenvalue weighted by Crippen LogP contribution is 2.35. The van der Waals surface area contributed by atoms with Crippen LogP contribution in [0.2, 0.25) is 0 Å². The van der Waals surface area contributed by atoms with Crippen LogP contribution in [0.25, 0.3) is 11.3 Å². The summed E-state index contributed by atoms with van der Waals surface area (Å²) < 4.78 is 105. The molecule has 10 rings (SSSR count). The second-order valence-corrected chi connectivity index (χ2v) is 22.7. The molecule has 7 N–H and O–H groups in total. The van der Waals surface area contributed by atoms with Gasteiger partial charge in [0.2, 0.25) is 0 Å². The molecule has 0 radical (unpaired) electrons. The first-order valence-corrected chi connectivity index (χ1v) is 29.9. The van der Waals surface area contributed by atoms with Crippen LogP contribution in [-0.2, 0) is 40.8 Å². The fourth-order valence-corrected chi connectivity index (χ4v) is 10.1. The predicted octanol–water partition coefficient (Wildman–Crippen LogP) is 8.74. The molecule has 0 aliphatic carbocycles. The number of nitriles is 3. The molecular formula is C59H54Br2F6IN21O5. The van der Waals surface area contributed by atoms with Crippen LogP contribution in [0.4, 0.5) is 43.8 Å². The lowest BCUT2D eigenvalue weighted by Crippen LogP contribution is -2.29. The highest BCUT2D eigenvalue weighted by atomic mass is 127. The zero-order valence-electron chi connectivity index (χ0n) is 50.3. The summed E-state index contributed by atoms with van der Waals surface area (Å²) in [6.45, 7) is -2.19. The molecule has 488 valence electrons. The largest absolute Gasteiger partial charge is 0.464 e. The third kappa shape index (κ3) is 17.6. The molecule has 2 amide bonds. The van der Waals surface area contributed by atoms with Gasteiger partial charge in [-0.1, -0.05) is 0 Å². The van der Waals surface area contributed by atoms with E-state index in [1.807, 2.05) is 41.8 Å². The quantitative estimate of drug-likeness (QED) is 0.0583. The Bertz CT molecular complexity index is 4370. The van der Waals surface area contributed by atoms with Crippen molar-refractivity contribution < 1.29 is 50.1 Å². The number of aromatic nitrogens is 12. The van der Waals surface area contributed by atoms with Gasteiger partial charge in [0, 0.05) is 73.2 Å². The Balaban J connectivity index is 0.000000188. The number of nitrogens with zero attached hydrogens (tertiary/aromatic N) is 17. The van der Waals surface area contributed by atoms with Crippen molar-refractivity contribution in [2.24, 2.45) is 21.1 Å². The van der Waals surface area contributed by atoms with Crippen molar-refractivity contribution in [3.05, 3.63) is 178 Å². The van der Waals surface area contributed by atoms with Gasteiger partial charge in [-0.2, -0.15) is 31.1 Å². The van der Waals surface area contributed by atoms with Gasteiger partial charge in [-0.3, -0.25) is 23.6 Å². The fraction of sp³-hybridized carbons (Fsp3) is 0.254. The minimum Gasteiger partial charge on any atom is -0.464 e. The molecule has 6 aromatic heterocycles. The molecule has 0 saturated carbocycles. The van der Waals surface area contributed by atoms with Crippen LogP contribution in [0.5, 0.6) is 17.6 Å². The number of hydrogen-bond donors (Lipinski definition) is 4. The zero-order valence-corrected chi connectivity index (χ0v) is 55.7. The predicted molar refractivity (Wildman–Crippen MR) is 342 cm³/mol. The SMILES string of the molecule is CN(Cc1cc(C#N)n(C)n1)C(=O)c1ccc(F)cc1[C@H](CF)Oc1nc(Br)cnc1N.CN1Cc2nn(C)c(C#N)c2-c2cnc(N)c(n2)O[C@@H](CF)c2cc(F)ccc2C1=O.CNCc1cc(C#N)n(C)n1.Nc1ncc(Br)nc1O[C@@H](CF)c1cc(F)ccc1I. The molecule has 7 heterocycles. The number of hydrogen-bond acceptors (Lipinski definition) is 21. The van der Waals surface area contributed by atoms with Gasteiger partial charge in [-0.05, 0) is 128 Å². The standard InChI is InChI=1S/C20H18BrF2N7O2.C20H17F2N7O2.C12H9BrF2IN3O.C7H10N4/c1-29(10-12-6-13(8-24)30(2)28-12)20(31)14-4-3-11(23)5-15(14)16(7-22)32-19-18(25)26-9-17(21)27-19;1-28-9-14-17(15(7-23)29(2)27-14)13-8-25-18(24)19(26-13)31-16(6-21)12-5-10(22)3-4-11(12)20(28)30;13-10-5-18-11(17)12(19-10)20-9(4-14)7-3-6(15)1-2-8(7)16;1-9-5-6-3-7(4-8)11(2)10-6/h3-6,9,16H,7,10H2,1-2H3,(H2,25,26);3-5,8,16H,6,9H2,1-2H3,(H2,24,25);1-3,5,9H,4H2,(H2,17,18);3,9H,5H2,1-2H3/t2*16-;9-;/m000./s1.